The second-order valence-electron chi connectivity index (χ2n) is 5.53. The van der Waals surface area contributed by atoms with Gasteiger partial charge in [-0.05, 0) is 25.8 Å². The number of aliphatic hydroxyl groups excluding tert-OH is 1. The summed E-state index contributed by atoms with van der Waals surface area (Å²) < 4.78 is 0. The van der Waals surface area contributed by atoms with E-state index in [1.165, 1.54) is 19.4 Å². The van der Waals surface area contributed by atoms with Gasteiger partial charge in [-0.3, -0.25) is 9.80 Å². The minimum absolute atomic E-state index is 0.123. The molecule has 2 aliphatic heterocycles. The van der Waals surface area contributed by atoms with E-state index in [-0.39, 0.29) is 18.7 Å². The van der Waals surface area contributed by atoms with E-state index in [2.05, 4.69) is 16.7 Å². The Hall–Kier alpha value is -0.160. The van der Waals surface area contributed by atoms with E-state index in [1.807, 2.05) is 0 Å². The van der Waals surface area contributed by atoms with Crippen molar-refractivity contribution in [3.8, 4) is 0 Å². The van der Waals surface area contributed by atoms with Crippen LogP contribution in [0.15, 0.2) is 0 Å². The number of rotatable bonds is 5. The summed E-state index contributed by atoms with van der Waals surface area (Å²) in [6.45, 7) is 6.95. The van der Waals surface area contributed by atoms with E-state index in [0.717, 1.165) is 32.5 Å². The Labute approximate surface area is 105 Å². The van der Waals surface area contributed by atoms with E-state index in [9.17, 15) is 5.11 Å². The molecule has 100 valence electrons. The molecule has 4 nitrogen and oxygen atoms in total. The monoisotopic (exact) mass is 241 g/mol. The Morgan fingerprint density at radius 3 is 2.88 bits per heavy atom. The van der Waals surface area contributed by atoms with E-state index < -0.39 is 0 Å². The molecular formula is C13H27N3O. The van der Waals surface area contributed by atoms with E-state index in [4.69, 9.17) is 5.73 Å². The number of hydrogen-bond donors (Lipinski definition) is 2. The average Bonchev–Trinajstić information content (AvgIpc) is 2.77. The van der Waals surface area contributed by atoms with Crippen LogP contribution in [0.5, 0.6) is 0 Å². The van der Waals surface area contributed by atoms with Gasteiger partial charge in [0.05, 0.1) is 6.61 Å². The minimum Gasteiger partial charge on any atom is -0.395 e. The lowest BCUT2D eigenvalue weighted by molar-refractivity contribution is 0.0350. The quantitative estimate of drug-likeness (QED) is 0.725. The Morgan fingerprint density at radius 2 is 2.18 bits per heavy atom. The maximum Gasteiger partial charge on any atom is 0.0601 e. The lowest BCUT2D eigenvalue weighted by Crippen LogP contribution is -2.58. The van der Waals surface area contributed by atoms with Crippen LogP contribution in [0.1, 0.15) is 32.6 Å². The standard InChI is InChI=1S/C13H27N3O/c1-2-4-12(14)13(10-17)16-8-7-15-6-3-5-11(15)9-16/h11-13,17H,2-10,14H2,1H3. The Balaban J connectivity index is 1.91. The smallest absolute Gasteiger partial charge is 0.0601 e. The van der Waals surface area contributed by atoms with Crippen LogP contribution >= 0.6 is 0 Å². The van der Waals surface area contributed by atoms with Crippen molar-refractivity contribution in [3.05, 3.63) is 0 Å². The van der Waals surface area contributed by atoms with Gasteiger partial charge in [0.15, 0.2) is 0 Å². The van der Waals surface area contributed by atoms with Crippen LogP contribution in [-0.2, 0) is 0 Å². The fourth-order valence-corrected chi connectivity index (χ4v) is 3.36. The molecule has 3 N–H and O–H groups in total. The molecule has 0 aromatic carbocycles. The van der Waals surface area contributed by atoms with Crippen molar-refractivity contribution in [2.75, 3.05) is 32.8 Å². The zero-order valence-electron chi connectivity index (χ0n) is 11.0. The molecule has 3 atom stereocenters. The highest BCUT2D eigenvalue weighted by Gasteiger charge is 2.34. The highest BCUT2D eigenvalue weighted by Crippen LogP contribution is 2.23. The van der Waals surface area contributed by atoms with Crippen molar-refractivity contribution in [3.63, 3.8) is 0 Å². The lowest BCUT2D eigenvalue weighted by atomic mass is 10.0. The molecule has 0 aromatic rings. The summed E-state index contributed by atoms with van der Waals surface area (Å²) in [6.07, 6.45) is 4.76. The van der Waals surface area contributed by atoms with Gasteiger partial charge in [0.25, 0.3) is 0 Å². The second-order valence-corrected chi connectivity index (χ2v) is 5.53. The molecule has 2 aliphatic rings. The number of piperazine rings is 1. The highest BCUT2D eigenvalue weighted by atomic mass is 16.3. The van der Waals surface area contributed by atoms with Crippen molar-refractivity contribution >= 4 is 0 Å². The van der Waals surface area contributed by atoms with Gasteiger partial charge in [0.2, 0.25) is 0 Å². The summed E-state index contributed by atoms with van der Waals surface area (Å²) in [6, 6.07) is 1.00. The molecule has 2 fully saturated rings. The number of nitrogens with two attached hydrogens (primary N) is 1. The molecule has 0 bridgehead atoms. The molecule has 3 unspecified atom stereocenters. The van der Waals surface area contributed by atoms with E-state index >= 15 is 0 Å². The molecule has 17 heavy (non-hydrogen) atoms. The van der Waals surface area contributed by atoms with E-state index in [0.29, 0.717) is 6.04 Å². The van der Waals surface area contributed by atoms with Crippen LogP contribution in [0.2, 0.25) is 0 Å². The van der Waals surface area contributed by atoms with Crippen molar-refractivity contribution in [1.29, 1.82) is 0 Å². The predicted octanol–water partition coefficient (Wildman–Crippen LogP) is 0.255. The van der Waals surface area contributed by atoms with Gasteiger partial charge >= 0.3 is 0 Å². The Morgan fingerprint density at radius 1 is 1.35 bits per heavy atom. The summed E-state index contributed by atoms with van der Waals surface area (Å²) in [4.78, 5) is 5.02. The summed E-state index contributed by atoms with van der Waals surface area (Å²) in [5.74, 6) is 0. The predicted molar refractivity (Wildman–Crippen MR) is 69.9 cm³/mol. The van der Waals surface area contributed by atoms with Crippen LogP contribution < -0.4 is 5.73 Å². The van der Waals surface area contributed by atoms with Gasteiger partial charge < -0.3 is 10.8 Å². The topological polar surface area (TPSA) is 52.7 Å². The van der Waals surface area contributed by atoms with Crippen LogP contribution in [0, 0.1) is 0 Å². The van der Waals surface area contributed by atoms with Gasteiger partial charge in [-0.15, -0.1) is 0 Å². The fourth-order valence-electron chi connectivity index (χ4n) is 3.36. The van der Waals surface area contributed by atoms with Gasteiger partial charge in [0, 0.05) is 37.8 Å². The van der Waals surface area contributed by atoms with Crippen LogP contribution in [-0.4, -0.2) is 65.8 Å². The van der Waals surface area contributed by atoms with Gasteiger partial charge in [-0.1, -0.05) is 13.3 Å². The Bertz CT molecular complexity index is 237. The van der Waals surface area contributed by atoms with Crippen molar-refractivity contribution < 1.29 is 5.11 Å². The molecule has 2 rings (SSSR count). The summed E-state index contributed by atoms with van der Waals surface area (Å²) in [5, 5.41) is 9.58. The third-order valence-electron chi connectivity index (χ3n) is 4.39. The molecule has 0 spiro atoms. The molecule has 0 radical (unpaired) electrons. The first-order valence-corrected chi connectivity index (χ1v) is 7.10. The highest BCUT2D eigenvalue weighted by molar-refractivity contribution is 4.91. The first kappa shape index (κ1) is 13.3. The first-order valence-electron chi connectivity index (χ1n) is 7.10. The molecular weight excluding hydrogens is 214 g/mol. The zero-order valence-corrected chi connectivity index (χ0v) is 11.0. The molecule has 0 aromatic heterocycles. The van der Waals surface area contributed by atoms with Crippen LogP contribution in [0.3, 0.4) is 0 Å². The number of fused-ring (bicyclic) bond motifs is 1. The lowest BCUT2D eigenvalue weighted by Gasteiger charge is -2.42. The minimum atomic E-state index is 0.123. The molecule has 4 heteroatoms. The second kappa shape index (κ2) is 6.14. The molecule has 0 saturated carbocycles. The maximum absolute atomic E-state index is 9.58. The zero-order chi connectivity index (χ0) is 12.3. The van der Waals surface area contributed by atoms with Crippen molar-refractivity contribution in [2.45, 2.75) is 50.7 Å². The average molecular weight is 241 g/mol. The normalized spacial score (nSPS) is 30.2. The molecule has 0 amide bonds. The third-order valence-corrected chi connectivity index (χ3v) is 4.39. The molecule has 0 aliphatic carbocycles. The largest absolute Gasteiger partial charge is 0.395 e. The number of hydrogen-bond acceptors (Lipinski definition) is 4. The van der Waals surface area contributed by atoms with Crippen molar-refractivity contribution in [2.24, 2.45) is 5.73 Å². The SMILES string of the molecule is CCCC(N)C(CO)N1CCN2CCCC2C1. The first-order chi connectivity index (χ1) is 8.26. The number of nitrogens with zero attached hydrogens (tertiary/aromatic N) is 2. The Kier molecular flexibility index (Phi) is 4.79. The third kappa shape index (κ3) is 2.99. The van der Waals surface area contributed by atoms with Gasteiger partial charge in [-0.25, -0.2) is 0 Å². The maximum atomic E-state index is 9.58. The van der Waals surface area contributed by atoms with Crippen LogP contribution in [0.4, 0.5) is 0 Å². The molecule has 2 heterocycles. The summed E-state index contributed by atoms with van der Waals surface area (Å²) in [7, 11) is 0. The number of aliphatic hydroxyl groups is 1. The van der Waals surface area contributed by atoms with Gasteiger partial charge in [-0.2, -0.15) is 0 Å². The van der Waals surface area contributed by atoms with Crippen LogP contribution in [0.25, 0.3) is 0 Å². The summed E-state index contributed by atoms with van der Waals surface area (Å²) in [5.41, 5.74) is 6.19. The van der Waals surface area contributed by atoms with Gasteiger partial charge in [0.1, 0.15) is 0 Å². The fraction of sp³-hybridized carbons (Fsp3) is 1.00. The van der Waals surface area contributed by atoms with Crippen molar-refractivity contribution in [1.82, 2.24) is 9.80 Å². The van der Waals surface area contributed by atoms with E-state index in [1.54, 1.807) is 0 Å². The molecule has 2 saturated heterocycles. The summed E-state index contributed by atoms with van der Waals surface area (Å²) >= 11 is 0.